The van der Waals surface area contributed by atoms with Gasteiger partial charge in [0.25, 0.3) is 6.43 Å². The largest absolute Gasteiger partial charge is 0.323 e. The fraction of sp³-hybridized carbons (Fsp3) is 0.267. The van der Waals surface area contributed by atoms with Crippen LogP contribution in [0.25, 0.3) is 16.7 Å². The molecule has 0 atom stereocenters. The zero-order chi connectivity index (χ0) is 17.6. The maximum absolute atomic E-state index is 12.7. The van der Waals surface area contributed by atoms with Gasteiger partial charge in [-0.05, 0) is 25.5 Å². The summed E-state index contributed by atoms with van der Waals surface area (Å²) >= 11 is 0. The zero-order valence-electron chi connectivity index (χ0n) is 13.5. The number of fused-ring (bicyclic) bond motifs is 2. The van der Waals surface area contributed by atoms with Crippen molar-refractivity contribution in [3.63, 3.8) is 0 Å². The van der Waals surface area contributed by atoms with Gasteiger partial charge in [-0.25, -0.2) is 27.9 Å². The van der Waals surface area contributed by atoms with E-state index in [-0.39, 0.29) is 0 Å². The van der Waals surface area contributed by atoms with Crippen molar-refractivity contribution in [3.05, 3.63) is 36.0 Å². The molecule has 0 radical (unpaired) electrons. The predicted molar refractivity (Wildman–Crippen MR) is 87.1 cm³/mol. The number of nitrogens with one attached hydrogen (secondary N) is 1. The Balaban J connectivity index is 1.74. The molecule has 0 bridgehead atoms. The standard InChI is InChI=1S/C15H14F2N8/c1-8-3-13-19-7-20-24(13)5-11(8)21-15-18-4-10-9(2)23-25(6-12(16)17)14(10)22-15/h3-5,7,12H,6H2,1-2H3,(H,18,21,22). The van der Waals surface area contributed by atoms with Gasteiger partial charge in [-0.3, -0.25) is 0 Å². The molecule has 128 valence electrons. The first-order valence-corrected chi connectivity index (χ1v) is 7.56. The SMILES string of the molecule is Cc1cc2ncnn2cc1Nc1ncc2c(C)nn(CC(F)F)c2n1. The van der Waals surface area contributed by atoms with E-state index in [2.05, 4.69) is 30.5 Å². The van der Waals surface area contributed by atoms with Crippen molar-refractivity contribution in [2.24, 2.45) is 0 Å². The highest BCUT2D eigenvalue weighted by Gasteiger charge is 2.14. The van der Waals surface area contributed by atoms with Gasteiger partial charge in [0.15, 0.2) is 11.3 Å². The Morgan fingerprint density at radius 3 is 2.88 bits per heavy atom. The maximum atomic E-state index is 12.7. The molecule has 0 unspecified atom stereocenters. The molecule has 4 aromatic rings. The van der Waals surface area contributed by atoms with Crippen molar-refractivity contribution in [1.82, 2.24) is 34.3 Å². The lowest BCUT2D eigenvalue weighted by Crippen LogP contribution is -2.09. The molecule has 0 amide bonds. The van der Waals surface area contributed by atoms with Crippen LogP contribution < -0.4 is 5.32 Å². The highest BCUT2D eigenvalue weighted by Crippen LogP contribution is 2.22. The summed E-state index contributed by atoms with van der Waals surface area (Å²) in [6, 6.07) is 1.87. The van der Waals surface area contributed by atoms with E-state index in [0.29, 0.717) is 22.7 Å². The number of anilines is 2. The van der Waals surface area contributed by atoms with Crippen LogP contribution >= 0.6 is 0 Å². The molecule has 25 heavy (non-hydrogen) atoms. The lowest BCUT2D eigenvalue weighted by atomic mass is 10.2. The third kappa shape index (κ3) is 2.75. The lowest BCUT2D eigenvalue weighted by molar-refractivity contribution is 0.123. The van der Waals surface area contributed by atoms with Crippen LogP contribution in [0.2, 0.25) is 0 Å². The Morgan fingerprint density at radius 2 is 2.08 bits per heavy atom. The summed E-state index contributed by atoms with van der Waals surface area (Å²) in [7, 11) is 0. The quantitative estimate of drug-likeness (QED) is 0.612. The highest BCUT2D eigenvalue weighted by molar-refractivity contribution is 5.78. The Hall–Kier alpha value is -3.17. The van der Waals surface area contributed by atoms with Crippen molar-refractivity contribution in [1.29, 1.82) is 0 Å². The summed E-state index contributed by atoms with van der Waals surface area (Å²) in [4.78, 5) is 12.7. The number of alkyl halides is 2. The maximum Gasteiger partial charge on any atom is 0.258 e. The van der Waals surface area contributed by atoms with Gasteiger partial charge in [0, 0.05) is 6.20 Å². The molecule has 0 fully saturated rings. The van der Waals surface area contributed by atoms with Crippen LogP contribution in [-0.2, 0) is 6.54 Å². The molecule has 0 aliphatic carbocycles. The third-order valence-electron chi connectivity index (χ3n) is 3.85. The van der Waals surface area contributed by atoms with Crippen LogP contribution in [-0.4, -0.2) is 40.8 Å². The summed E-state index contributed by atoms with van der Waals surface area (Å²) in [6.07, 6.45) is 2.31. The van der Waals surface area contributed by atoms with E-state index >= 15 is 0 Å². The van der Waals surface area contributed by atoms with Crippen molar-refractivity contribution < 1.29 is 8.78 Å². The number of aryl methyl sites for hydroxylation is 2. The zero-order valence-corrected chi connectivity index (χ0v) is 13.5. The minimum atomic E-state index is -2.51. The van der Waals surface area contributed by atoms with E-state index in [0.717, 1.165) is 16.9 Å². The summed E-state index contributed by atoms with van der Waals surface area (Å²) in [5, 5.41) is 11.9. The second-order valence-corrected chi connectivity index (χ2v) is 5.65. The van der Waals surface area contributed by atoms with Crippen molar-refractivity contribution in [2.75, 3.05) is 5.32 Å². The summed E-state index contributed by atoms with van der Waals surface area (Å²) in [6.45, 7) is 3.15. The molecule has 4 heterocycles. The summed E-state index contributed by atoms with van der Waals surface area (Å²) < 4.78 is 28.3. The fourth-order valence-corrected chi connectivity index (χ4v) is 2.63. The fourth-order valence-electron chi connectivity index (χ4n) is 2.63. The molecule has 0 aromatic carbocycles. The number of halogens is 2. The minimum absolute atomic E-state index is 0.297. The predicted octanol–water partition coefficient (Wildman–Crippen LogP) is 2.49. The third-order valence-corrected chi connectivity index (χ3v) is 3.85. The Bertz CT molecular complexity index is 1070. The first-order chi connectivity index (χ1) is 12.0. The molecule has 8 nitrogen and oxygen atoms in total. The average Bonchev–Trinajstić information content (AvgIpc) is 3.12. The molecular formula is C15H14F2N8. The molecule has 4 rings (SSSR count). The van der Waals surface area contributed by atoms with Gasteiger partial charge in [0.1, 0.15) is 12.9 Å². The van der Waals surface area contributed by atoms with Crippen LogP contribution in [0.5, 0.6) is 0 Å². The number of aromatic nitrogens is 7. The highest BCUT2D eigenvalue weighted by atomic mass is 19.3. The molecule has 4 aromatic heterocycles. The molecule has 1 N–H and O–H groups in total. The van der Waals surface area contributed by atoms with Gasteiger partial charge in [0.2, 0.25) is 5.95 Å². The number of hydrogen-bond donors (Lipinski definition) is 1. The normalized spacial score (nSPS) is 11.7. The van der Waals surface area contributed by atoms with Crippen molar-refractivity contribution in [2.45, 2.75) is 26.8 Å². The van der Waals surface area contributed by atoms with E-state index < -0.39 is 13.0 Å². The van der Waals surface area contributed by atoms with Crippen molar-refractivity contribution in [3.8, 4) is 0 Å². The molecule has 0 aliphatic rings. The number of pyridine rings is 1. The monoisotopic (exact) mass is 344 g/mol. The van der Waals surface area contributed by atoms with Gasteiger partial charge in [-0.2, -0.15) is 15.2 Å². The molecule has 0 saturated heterocycles. The van der Waals surface area contributed by atoms with Crippen LogP contribution in [0.4, 0.5) is 20.4 Å². The van der Waals surface area contributed by atoms with E-state index in [1.54, 1.807) is 23.8 Å². The smallest absolute Gasteiger partial charge is 0.258 e. The van der Waals surface area contributed by atoms with E-state index in [1.807, 2.05) is 13.0 Å². The molecule has 0 aliphatic heterocycles. The van der Waals surface area contributed by atoms with Gasteiger partial charge in [-0.15, -0.1) is 0 Å². The number of nitrogens with zero attached hydrogens (tertiary/aromatic N) is 7. The molecule has 0 spiro atoms. The van der Waals surface area contributed by atoms with E-state index in [9.17, 15) is 8.78 Å². The molecular weight excluding hydrogens is 330 g/mol. The van der Waals surface area contributed by atoms with E-state index in [1.165, 1.54) is 11.0 Å². The number of rotatable bonds is 4. The van der Waals surface area contributed by atoms with Crippen LogP contribution in [0.1, 0.15) is 11.3 Å². The van der Waals surface area contributed by atoms with Crippen molar-refractivity contribution >= 4 is 28.3 Å². The Labute approximate surface area is 140 Å². The van der Waals surface area contributed by atoms with E-state index in [4.69, 9.17) is 0 Å². The second kappa shape index (κ2) is 5.72. The first kappa shape index (κ1) is 15.4. The topological polar surface area (TPSA) is 85.8 Å². The molecule has 10 heteroatoms. The van der Waals surface area contributed by atoms with Gasteiger partial charge in [-0.1, -0.05) is 0 Å². The second-order valence-electron chi connectivity index (χ2n) is 5.65. The van der Waals surface area contributed by atoms with Gasteiger partial charge >= 0.3 is 0 Å². The van der Waals surface area contributed by atoms with Gasteiger partial charge < -0.3 is 5.32 Å². The van der Waals surface area contributed by atoms with Crippen LogP contribution in [0.15, 0.2) is 24.8 Å². The summed E-state index contributed by atoms with van der Waals surface area (Å²) in [5.74, 6) is 0.297. The summed E-state index contributed by atoms with van der Waals surface area (Å²) in [5.41, 5.74) is 3.39. The average molecular weight is 344 g/mol. The van der Waals surface area contributed by atoms with Gasteiger partial charge in [0.05, 0.1) is 23.0 Å². The van der Waals surface area contributed by atoms with Crippen LogP contribution in [0.3, 0.4) is 0 Å². The number of hydrogen-bond acceptors (Lipinski definition) is 6. The first-order valence-electron chi connectivity index (χ1n) is 7.56. The minimum Gasteiger partial charge on any atom is -0.323 e. The molecule has 0 saturated carbocycles. The van der Waals surface area contributed by atoms with Crippen LogP contribution in [0, 0.1) is 13.8 Å². The Morgan fingerprint density at radius 1 is 1.24 bits per heavy atom. The Kier molecular flexibility index (Phi) is 3.52. The lowest BCUT2D eigenvalue weighted by Gasteiger charge is -2.09.